The number of hydrogen-bond acceptors (Lipinski definition) is 2. The fraction of sp³-hybridized carbons (Fsp3) is 0.769. The highest BCUT2D eigenvalue weighted by Crippen LogP contribution is 2.44. The van der Waals surface area contributed by atoms with E-state index in [1.165, 1.54) is 6.42 Å². The predicted octanol–water partition coefficient (Wildman–Crippen LogP) is 3.18. The lowest BCUT2D eigenvalue weighted by atomic mass is 9.64. The van der Waals surface area contributed by atoms with Crippen LogP contribution in [0.1, 0.15) is 40.0 Å². The highest BCUT2D eigenvalue weighted by atomic mass is 16.5. The lowest BCUT2D eigenvalue weighted by Crippen LogP contribution is -2.40. The van der Waals surface area contributed by atoms with Crippen LogP contribution in [0.4, 0.5) is 0 Å². The molecular weight excluding hydrogens is 188 g/mol. The summed E-state index contributed by atoms with van der Waals surface area (Å²) in [6.07, 6.45) is 5.10. The molecule has 0 radical (unpaired) electrons. The normalized spacial score (nSPS) is 29.5. The molecule has 15 heavy (non-hydrogen) atoms. The Bertz CT molecular complexity index is 243. The van der Waals surface area contributed by atoms with Gasteiger partial charge in [-0.3, -0.25) is 4.79 Å². The maximum absolute atomic E-state index is 11.9. The Morgan fingerprint density at radius 3 is 2.80 bits per heavy atom. The number of rotatable bonds is 3. The van der Waals surface area contributed by atoms with Gasteiger partial charge in [0.1, 0.15) is 6.61 Å². The van der Waals surface area contributed by atoms with Gasteiger partial charge in [0.15, 0.2) is 0 Å². The second-order valence-electron chi connectivity index (χ2n) is 5.25. The molecule has 0 aromatic rings. The smallest absolute Gasteiger partial charge is 0.310 e. The zero-order valence-corrected chi connectivity index (χ0v) is 10.1. The van der Waals surface area contributed by atoms with Gasteiger partial charge in [0.2, 0.25) is 0 Å². The molecule has 1 saturated carbocycles. The van der Waals surface area contributed by atoms with Crippen LogP contribution >= 0.6 is 0 Å². The fourth-order valence-corrected chi connectivity index (χ4v) is 2.75. The molecule has 1 rings (SSSR count). The summed E-state index contributed by atoms with van der Waals surface area (Å²) >= 11 is 0. The van der Waals surface area contributed by atoms with Gasteiger partial charge in [0.25, 0.3) is 0 Å². The van der Waals surface area contributed by atoms with E-state index in [2.05, 4.69) is 27.4 Å². The molecular formula is C13H22O2. The summed E-state index contributed by atoms with van der Waals surface area (Å²) in [6, 6.07) is 0. The topological polar surface area (TPSA) is 26.3 Å². The molecule has 1 aliphatic carbocycles. The van der Waals surface area contributed by atoms with Crippen LogP contribution in [0.15, 0.2) is 12.7 Å². The van der Waals surface area contributed by atoms with Crippen LogP contribution in [-0.2, 0) is 9.53 Å². The van der Waals surface area contributed by atoms with Crippen LogP contribution < -0.4 is 0 Å². The average Bonchev–Trinajstić information content (AvgIpc) is 2.13. The Morgan fingerprint density at radius 1 is 1.60 bits per heavy atom. The minimum absolute atomic E-state index is 0.0474. The molecule has 2 nitrogen and oxygen atoms in total. The third kappa shape index (κ3) is 2.83. The molecule has 1 fully saturated rings. The van der Waals surface area contributed by atoms with Crippen LogP contribution in [0, 0.1) is 17.3 Å². The second-order valence-corrected chi connectivity index (χ2v) is 5.25. The van der Waals surface area contributed by atoms with Crippen molar-refractivity contribution in [2.75, 3.05) is 6.61 Å². The van der Waals surface area contributed by atoms with Crippen molar-refractivity contribution in [3.63, 3.8) is 0 Å². The Kier molecular flexibility index (Phi) is 3.95. The van der Waals surface area contributed by atoms with Gasteiger partial charge in [-0.05, 0) is 24.2 Å². The van der Waals surface area contributed by atoms with Crippen molar-refractivity contribution in [3.8, 4) is 0 Å². The molecule has 2 heteroatoms. The quantitative estimate of drug-likeness (QED) is 0.528. The first-order valence-electron chi connectivity index (χ1n) is 5.76. The van der Waals surface area contributed by atoms with Crippen molar-refractivity contribution >= 4 is 5.97 Å². The van der Waals surface area contributed by atoms with Crippen molar-refractivity contribution in [1.82, 2.24) is 0 Å². The van der Waals surface area contributed by atoms with E-state index < -0.39 is 0 Å². The molecule has 0 saturated heterocycles. The first-order chi connectivity index (χ1) is 6.99. The molecule has 2 atom stereocenters. The maximum Gasteiger partial charge on any atom is 0.310 e. The van der Waals surface area contributed by atoms with Gasteiger partial charge in [0.05, 0.1) is 5.92 Å². The van der Waals surface area contributed by atoms with Crippen molar-refractivity contribution in [2.45, 2.75) is 40.0 Å². The van der Waals surface area contributed by atoms with Crippen LogP contribution in [0.3, 0.4) is 0 Å². The van der Waals surface area contributed by atoms with Gasteiger partial charge in [0, 0.05) is 0 Å². The summed E-state index contributed by atoms with van der Waals surface area (Å²) in [5, 5.41) is 0. The highest BCUT2D eigenvalue weighted by molar-refractivity contribution is 5.74. The van der Waals surface area contributed by atoms with Crippen molar-refractivity contribution in [3.05, 3.63) is 12.7 Å². The maximum atomic E-state index is 11.9. The highest BCUT2D eigenvalue weighted by Gasteiger charge is 2.42. The number of ether oxygens (including phenoxy) is 1. The molecule has 0 aliphatic heterocycles. The third-order valence-electron chi connectivity index (χ3n) is 3.49. The fourth-order valence-electron chi connectivity index (χ4n) is 2.75. The van der Waals surface area contributed by atoms with Gasteiger partial charge in [-0.15, -0.1) is 0 Å². The number of carbonyl (C=O) groups excluding carboxylic acids is 1. The van der Waals surface area contributed by atoms with E-state index in [-0.39, 0.29) is 17.3 Å². The van der Waals surface area contributed by atoms with Gasteiger partial charge in [-0.25, -0.2) is 0 Å². The monoisotopic (exact) mass is 210 g/mol. The Labute approximate surface area is 92.7 Å². The van der Waals surface area contributed by atoms with Crippen LogP contribution in [-0.4, -0.2) is 12.6 Å². The lowest BCUT2D eigenvalue weighted by molar-refractivity contribution is -0.156. The number of hydrogen-bond donors (Lipinski definition) is 0. The standard InChI is InChI=1S/C13H22O2/c1-5-9-15-12(14)11-10(2)7-6-8-13(11,3)4/h5,10-11H,1,6-9H2,2-4H3. The number of carbonyl (C=O) groups is 1. The van der Waals surface area contributed by atoms with E-state index >= 15 is 0 Å². The van der Waals surface area contributed by atoms with E-state index in [9.17, 15) is 4.79 Å². The zero-order chi connectivity index (χ0) is 11.5. The zero-order valence-electron chi connectivity index (χ0n) is 10.1. The van der Waals surface area contributed by atoms with Gasteiger partial charge >= 0.3 is 5.97 Å². The predicted molar refractivity (Wildman–Crippen MR) is 61.4 cm³/mol. The average molecular weight is 210 g/mol. The minimum atomic E-state index is -0.0490. The molecule has 0 heterocycles. The summed E-state index contributed by atoms with van der Waals surface area (Å²) in [6.45, 7) is 10.4. The molecule has 2 unspecified atom stereocenters. The Balaban J connectivity index is 2.69. The van der Waals surface area contributed by atoms with Crippen molar-refractivity contribution in [2.24, 2.45) is 17.3 Å². The van der Waals surface area contributed by atoms with Crippen molar-refractivity contribution in [1.29, 1.82) is 0 Å². The van der Waals surface area contributed by atoms with Crippen LogP contribution in [0.2, 0.25) is 0 Å². The van der Waals surface area contributed by atoms with E-state index in [0.717, 1.165) is 12.8 Å². The first kappa shape index (κ1) is 12.3. The Hall–Kier alpha value is -0.790. The molecule has 86 valence electrons. The Morgan fingerprint density at radius 2 is 2.27 bits per heavy atom. The molecule has 0 spiro atoms. The van der Waals surface area contributed by atoms with E-state index in [4.69, 9.17) is 4.74 Å². The number of esters is 1. The summed E-state index contributed by atoms with van der Waals surface area (Å²) < 4.78 is 5.18. The van der Waals surface area contributed by atoms with Gasteiger partial charge in [-0.2, -0.15) is 0 Å². The second kappa shape index (κ2) is 4.82. The SMILES string of the molecule is C=CCOC(=O)C1C(C)CCCC1(C)C. The summed E-state index contributed by atoms with van der Waals surface area (Å²) in [4.78, 5) is 11.9. The summed E-state index contributed by atoms with van der Waals surface area (Å²) in [5.41, 5.74) is 0.0793. The van der Waals surface area contributed by atoms with Crippen LogP contribution in [0.25, 0.3) is 0 Å². The van der Waals surface area contributed by atoms with E-state index in [1.807, 2.05) is 0 Å². The van der Waals surface area contributed by atoms with E-state index in [0.29, 0.717) is 12.5 Å². The molecule has 0 aromatic carbocycles. The summed E-state index contributed by atoms with van der Waals surface area (Å²) in [5.74, 6) is 0.435. The first-order valence-corrected chi connectivity index (χ1v) is 5.76. The lowest BCUT2D eigenvalue weighted by Gasteiger charge is -2.40. The van der Waals surface area contributed by atoms with Crippen molar-refractivity contribution < 1.29 is 9.53 Å². The third-order valence-corrected chi connectivity index (χ3v) is 3.49. The molecule has 0 aromatic heterocycles. The van der Waals surface area contributed by atoms with E-state index in [1.54, 1.807) is 6.08 Å². The molecule has 0 amide bonds. The van der Waals surface area contributed by atoms with Crippen LogP contribution in [0.5, 0.6) is 0 Å². The molecule has 0 N–H and O–H groups in total. The molecule has 0 bridgehead atoms. The van der Waals surface area contributed by atoms with Gasteiger partial charge in [-0.1, -0.05) is 39.8 Å². The van der Waals surface area contributed by atoms with Gasteiger partial charge < -0.3 is 4.74 Å². The molecule has 1 aliphatic rings. The summed E-state index contributed by atoms with van der Waals surface area (Å²) in [7, 11) is 0. The largest absolute Gasteiger partial charge is 0.461 e. The minimum Gasteiger partial charge on any atom is -0.461 e.